The number of methoxy groups -OCH3 is 1. The summed E-state index contributed by atoms with van der Waals surface area (Å²) < 4.78 is 6.15. The molecule has 0 bridgehead atoms. The Labute approximate surface area is 289 Å². The van der Waals surface area contributed by atoms with Gasteiger partial charge in [-0.3, -0.25) is 14.4 Å². The molecule has 5 rings (SSSR count). The number of carbonyl (C=O) groups excluding carboxylic acids is 3. The van der Waals surface area contributed by atoms with Crippen molar-refractivity contribution in [3.8, 4) is 17.0 Å². The molecule has 0 spiro atoms. The molecule has 8 nitrogen and oxygen atoms in total. The summed E-state index contributed by atoms with van der Waals surface area (Å²) >= 11 is 6.20. The molecule has 238 valence electrons. The smallest absolute Gasteiger partial charge is 0.272 e. The Kier molecular flexibility index (Phi) is 11.6. The van der Waals surface area contributed by atoms with Crippen LogP contribution in [0.25, 0.3) is 17.3 Å². The van der Waals surface area contributed by atoms with Gasteiger partial charge in [0.15, 0.2) is 5.13 Å². The largest absolute Gasteiger partial charge is 0.497 e. The van der Waals surface area contributed by atoms with Gasteiger partial charge in [-0.05, 0) is 72.7 Å². The lowest BCUT2D eigenvalue weighted by molar-refractivity contribution is -0.116. The van der Waals surface area contributed by atoms with Gasteiger partial charge in [0.05, 0.1) is 18.1 Å². The Bertz CT molecular complexity index is 1910. The predicted molar refractivity (Wildman–Crippen MR) is 194 cm³/mol. The number of thiazole rings is 1. The van der Waals surface area contributed by atoms with E-state index in [1.807, 2.05) is 79.0 Å². The molecule has 1 atom stereocenters. The minimum atomic E-state index is -0.489. The number of hydrogen-bond acceptors (Lipinski definition) is 7. The summed E-state index contributed by atoms with van der Waals surface area (Å²) in [5.41, 5.74) is 3.41. The standard InChI is InChI=1S/C36H31BrN4O4S2/c1-3-32(35(44)41-36-40-31(22-46-36)25-13-8-16-28(20-25)45-2)47-29-17-9-15-27(21-29)38-34(43)30(19-23-10-7-14-26(37)18-23)39-33(42)24-11-5-4-6-12-24/h4-22,32H,3H2,1-2H3,(H,38,43)(H,39,42)(H,40,41,44)/b30-19+. The van der Waals surface area contributed by atoms with Crippen LogP contribution in [0, 0.1) is 0 Å². The summed E-state index contributed by atoms with van der Waals surface area (Å²) in [6.45, 7) is 1.95. The average Bonchev–Trinajstić information content (AvgIpc) is 3.56. The van der Waals surface area contributed by atoms with Crippen molar-refractivity contribution in [2.24, 2.45) is 0 Å². The molecule has 0 fully saturated rings. The normalized spacial score (nSPS) is 11.8. The van der Waals surface area contributed by atoms with Crippen molar-refractivity contribution in [1.82, 2.24) is 10.3 Å². The lowest BCUT2D eigenvalue weighted by atomic mass is 10.1. The summed E-state index contributed by atoms with van der Waals surface area (Å²) in [6, 6.07) is 31.0. The minimum Gasteiger partial charge on any atom is -0.497 e. The van der Waals surface area contributed by atoms with Gasteiger partial charge in [-0.15, -0.1) is 23.1 Å². The quantitative estimate of drug-likeness (QED) is 0.0879. The maximum atomic E-state index is 13.5. The SMILES string of the molecule is CCC(Sc1cccc(NC(=O)/C(=C\c2cccc(Br)c2)NC(=O)c2ccccc2)c1)C(=O)Nc1nc(-c2cccc(OC)c2)cs1. The van der Waals surface area contributed by atoms with Crippen LogP contribution in [0.15, 0.2) is 124 Å². The Hall–Kier alpha value is -4.71. The molecule has 3 amide bonds. The first-order valence-electron chi connectivity index (χ1n) is 14.6. The van der Waals surface area contributed by atoms with Crippen LogP contribution in [-0.4, -0.2) is 35.1 Å². The highest BCUT2D eigenvalue weighted by Crippen LogP contribution is 2.31. The van der Waals surface area contributed by atoms with E-state index in [1.165, 1.54) is 23.1 Å². The van der Waals surface area contributed by atoms with Crippen LogP contribution in [0.2, 0.25) is 0 Å². The Balaban J connectivity index is 1.27. The molecule has 1 unspecified atom stereocenters. The number of nitrogens with zero attached hydrogens (tertiary/aromatic N) is 1. The van der Waals surface area contributed by atoms with Gasteiger partial charge >= 0.3 is 0 Å². The molecule has 3 N–H and O–H groups in total. The third kappa shape index (κ3) is 9.41. The Morgan fingerprint density at radius 1 is 0.936 bits per heavy atom. The minimum absolute atomic E-state index is 0.0811. The summed E-state index contributed by atoms with van der Waals surface area (Å²) in [5, 5.41) is 10.6. The molecule has 0 saturated carbocycles. The van der Waals surface area contributed by atoms with Crippen molar-refractivity contribution in [1.29, 1.82) is 0 Å². The third-order valence-corrected chi connectivity index (χ3v) is 9.43. The van der Waals surface area contributed by atoms with Crippen LogP contribution >= 0.6 is 39.0 Å². The molecule has 4 aromatic carbocycles. The van der Waals surface area contributed by atoms with Crippen molar-refractivity contribution in [2.75, 3.05) is 17.7 Å². The molecule has 1 aromatic heterocycles. The summed E-state index contributed by atoms with van der Waals surface area (Å²) in [6.07, 6.45) is 2.20. The van der Waals surface area contributed by atoms with Crippen molar-refractivity contribution in [2.45, 2.75) is 23.5 Å². The number of hydrogen-bond donors (Lipinski definition) is 3. The number of amides is 3. The number of halogens is 1. The van der Waals surface area contributed by atoms with E-state index in [2.05, 4.69) is 36.9 Å². The van der Waals surface area contributed by atoms with Crippen molar-refractivity contribution in [3.63, 3.8) is 0 Å². The zero-order chi connectivity index (χ0) is 33.2. The number of ether oxygens (including phenoxy) is 1. The van der Waals surface area contributed by atoms with Crippen molar-refractivity contribution in [3.05, 3.63) is 130 Å². The van der Waals surface area contributed by atoms with Crippen molar-refractivity contribution < 1.29 is 19.1 Å². The first-order chi connectivity index (χ1) is 22.8. The van der Waals surface area contributed by atoms with E-state index in [0.717, 1.165) is 31.9 Å². The van der Waals surface area contributed by atoms with Crippen LogP contribution in [-0.2, 0) is 9.59 Å². The summed E-state index contributed by atoms with van der Waals surface area (Å²) in [4.78, 5) is 45.2. The highest BCUT2D eigenvalue weighted by Gasteiger charge is 2.21. The molecular weight excluding hydrogens is 696 g/mol. The number of anilines is 2. The molecule has 0 radical (unpaired) electrons. The molecular formula is C36H31BrN4O4S2. The van der Waals surface area contributed by atoms with E-state index in [0.29, 0.717) is 22.8 Å². The monoisotopic (exact) mass is 726 g/mol. The van der Waals surface area contributed by atoms with Gasteiger partial charge in [-0.2, -0.15) is 0 Å². The second-order valence-corrected chi connectivity index (χ2v) is 13.2. The van der Waals surface area contributed by atoms with Crippen LogP contribution in [0.1, 0.15) is 29.3 Å². The molecule has 0 aliphatic rings. The number of thioether (sulfide) groups is 1. The fourth-order valence-corrected chi connectivity index (χ4v) is 6.62. The first-order valence-corrected chi connectivity index (χ1v) is 17.2. The maximum absolute atomic E-state index is 13.5. The van der Waals surface area contributed by atoms with Gasteiger partial charge in [-0.1, -0.05) is 71.4 Å². The summed E-state index contributed by atoms with van der Waals surface area (Å²) in [7, 11) is 1.62. The van der Waals surface area contributed by atoms with E-state index in [9.17, 15) is 14.4 Å². The molecule has 5 aromatic rings. The number of rotatable bonds is 12. The number of benzene rings is 4. The van der Waals surface area contributed by atoms with Gasteiger partial charge < -0.3 is 20.7 Å². The highest BCUT2D eigenvalue weighted by molar-refractivity contribution is 9.10. The lowest BCUT2D eigenvalue weighted by Gasteiger charge is -2.15. The Morgan fingerprint density at radius 2 is 1.72 bits per heavy atom. The van der Waals surface area contributed by atoms with Gasteiger partial charge in [0.2, 0.25) is 5.91 Å². The van der Waals surface area contributed by atoms with Crippen LogP contribution in [0.5, 0.6) is 5.75 Å². The average molecular weight is 728 g/mol. The molecule has 11 heteroatoms. The Morgan fingerprint density at radius 3 is 2.49 bits per heavy atom. The zero-order valence-corrected chi connectivity index (χ0v) is 28.7. The number of carbonyl (C=O) groups is 3. The molecule has 0 saturated heterocycles. The highest BCUT2D eigenvalue weighted by atomic mass is 79.9. The zero-order valence-electron chi connectivity index (χ0n) is 25.5. The number of aromatic nitrogens is 1. The van der Waals surface area contributed by atoms with E-state index < -0.39 is 17.1 Å². The maximum Gasteiger partial charge on any atom is 0.272 e. The van der Waals surface area contributed by atoms with Crippen molar-refractivity contribution >= 4 is 73.6 Å². The molecule has 0 aliphatic heterocycles. The predicted octanol–water partition coefficient (Wildman–Crippen LogP) is 8.50. The lowest BCUT2D eigenvalue weighted by Crippen LogP contribution is -2.30. The van der Waals surface area contributed by atoms with E-state index in [-0.39, 0.29) is 11.6 Å². The second kappa shape index (κ2) is 16.2. The fraction of sp³-hybridized carbons (Fsp3) is 0.111. The van der Waals surface area contributed by atoms with Gasteiger partial charge in [-0.25, -0.2) is 4.98 Å². The van der Waals surface area contributed by atoms with Gasteiger partial charge in [0, 0.05) is 31.6 Å². The molecule has 1 heterocycles. The van der Waals surface area contributed by atoms with E-state index >= 15 is 0 Å². The van der Waals surface area contributed by atoms with E-state index in [1.54, 1.807) is 49.6 Å². The topological polar surface area (TPSA) is 109 Å². The first kappa shape index (κ1) is 33.6. The second-order valence-electron chi connectivity index (χ2n) is 10.2. The summed E-state index contributed by atoms with van der Waals surface area (Å²) in [5.74, 6) is -0.326. The third-order valence-electron chi connectivity index (χ3n) is 6.82. The fourth-order valence-electron chi connectivity index (χ4n) is 4.47. The van der Waals surface area contributed by atoms with Crippen LogP contribution in [0.3, 0.4) is 0 Å². The van der Waals surface area contributed by atoms with Gasteiger partial charge in [0.1, 0.15) is 11.4 Å². The number of nitrogens with one attached hydrogen (secondary N) is 3. The van der Waals surface area contributed by atoms with Crippen LogP contribution < -0.4 is 20.7 Å². The van der Waals surface area contributed by atoms with Gasteiger partial charge in [0.25, 0.3) is 11.8 Å². The molecule has 47 heavy (non-hydrogen) atoms. The van der Waals surface area contributed by atoms with E-state index in [4.69, 9.17) is 4.74 Å². The molecule has 0 aliphatic carbocycles. The van der Waals surface area contributed by atoms with Crippen LogP contribution in [0.4, 0.5) is 10.8 Å².